The fourth-order valence-corrected chi connectivity index (χ4v) is 3.17. The summed E-state index contributed by atoms with van der Waals surface area (Å²) in [5.41, 5.74) is 4.99. The smallest absolute Gasteiger partial charge is 0.0965 e. The first kappa shape index (κ1) is 14.1. The van der Waals surface area contributed by atoms with E-state index in [0.717, 1.165) is 30.6 Å². The lowest BCUT2D eigenvalue weighted by molar-refractivity contribution is 0.525. The van der Waals surface area contributed by atoms with E-state index in [2.05, 4.69) is 44.9 Å². The summed E-state index contributed by atoms with van der Waals surface area (Å²) in [5.74, 6) is 0. The van der Waals surface area contributed by atoms with Crippen LogP contribution in [0.3, 0.4) is 0 Å². The quantitative estimate of drug-likeness (QED) is 0.787. The molecule has 2 aromatic heterocycles. The molecule has 0 saturated heterocycles. The zero-order chi connectivity index (χ0) is 15.5. The molecular weight excluding hydrogens is 286 g/mol. The van der Waals surface area contributed by atoms with Gasteiger partial charge in [-0.3, -0.25) is 4.98 Å². The number of aromatic nitrogens is 4. The maximum atomic E-state index is 4.26. The van der Waals surface area contributed by atoms with Crippen molar-refractivity contribution in [1.82, 2.24) is 25.3 Å². The Bertz CT molecular complexity index is 781. The number of rotatable bonds is 5. The Morgan fingerprint density at radius 1 is 1.17 bits per heavy atom. The molecule has 0 amide bonds. The summed E-state index contributed by atoms with van der Waals surface area (Å²) < 4.78 is 1.86. The summed E-state index contributed by atoms with van der Waals surface area (Å²) in [5, 5.41) is 12.1. The van der Waals surface area contributed by atoms with Gasteiger partial charge < -0.3 is 5.32 Å². The topological polar surface area (TPSA) is 55.6 Å². The van der Waals surface area contributed by atoms with E-state index in [1.807, 2.05) is 29.2 Å². The highest BCUT2D eigenvalue weighted by molar-refractivity contribution is 5.34. The van der Waals surface area contributed by atoms with Crippen molar-refractivity contribution in [2.45, 2.75) is 32.0 Å². The van der Waals surface area contributed by atoms with Crippen molar-refractivity contribution >= 4 is 0 Å². The Labute approximate surface area is 135 Å². The zero-order valence-corrected chi connectivity index (χ0v) is 12.9. The minimum absolute atomic E-state index is 0.426. The van der Waals surface area contributed by atoms with E-state index in [0.29, 0.717) is 12.6 Å². The van der Waals surface area contributed by atoms with Gasteiger partial charge in [-0.2, -0.15) is 0 Å². The Kier molecular flexibility index (Phi) is 3.86. The normalized spacial score (nSPS) is 16.4. The molecule has 23 heavy (non-hydrogen) atoms. The van der Waals surface area contributed by atoms with Crippen molar-refractivity contribution in [3.05, 3.63) is 77.4 Å². The van der Waals surface area contributed by atoms with Crippen LogP contribution in [0.1, 0.15) is 34.8 Å². The molecule has 1 aliphatic rings. The average Bonchev–Trinajstić information content (AvgIpc) is 3.21. The number of nitrogens with one attached hydrogen (secondary N) is 1. The third-order valence-corrected chi connectivity index (χ3v) is 4.32. The van der Waals surface area contributed by atoms with Crippen LogP contribution < -0.4 is 5.32 Å². The van der Waals surface area contributed by atoms with Crippen LogP contribution in [0.25, 0.3) is 0 Å². The van der Waals surface area contributed by atoms with Crippen LogP contribution in [-0.4, -0.2) is 20.0 Å². The van der Waals surface area contributed by atoms with E-state index in [1.54, 1.807) is 6.20 Å². The molecule has 0 bridgehead atoms. The summed E-state index contributed by atoms with van der Waals surface area (Å²) in [7, 11) is 0. The maximum absolute atomic E-state index is 4.26. The van der Waals surface area contributed by atoms with Crippen LogP contribution in [0, 0.1) is 0 Å². The first-order valence-corrected chi connectivity index (χ1v) is 7.97. The van der Waals surface area contributed by atoms with Gasteiger partial charge in [0, 0.05) is 25.0 Å². The van der Waals surface area contributed by atoms with Gasteiger partial charge in [-0.1, -0.05) is 35.5 Å². The summed E-state index contributed by atoms with van der Waals surface area (Å²) in [6.45, 7) is 1.44. The number of hydrogen-bond donors (Lipinski definition) is 1. The van der Waals surface area contributed by atoms with Crippen molar-refractivity contribution in [3.63, 3.8) is 0 Å². The van der Waals surface area contributed by atoms with Gasteiger partial charge in [0.2, 0.25) is 0 Å². The summed E-state index contributed by atoms with van der Waals surface area (Å²) in [6.07, 6.45) is 7.94. The molecule has 1 aromatic carbocycles. The molecule has 4 rings (SSSR count). The van der Waals surface area contributed by atoms with Crippen LogP contribution in [-0.2, 0) is 19.5 Å². The Morgan fingerprint density at radius 3 is 3.04 bits per heavy atom. The van der Waals surface area contributed by atoms with E-state index in [9.17, 15) is 0 Å². The highest BCUT2D eigenvalue weighted by atomic mass is 15.4. The molecule has 0 spiro atoms. The van der Waals surface area contributed by atoms with E-state index in [4.69, 9.17) is 0 Å². The maximum Gasteiger partial charge on any atom is 0.0965 e. The fraction of sp³-hybridized carbons (Fsp3) is 0.278. The lowest BCUT2D eigenvalue weighted by Crippen LogP contribution is -2.18. The molecule has 2 heterocycles. The monoisotopic (exact) mass is 305 g/mol. The van der Waals surface area contributed by atoms with Gasteiger partial charge in [-0.15, -0.1) is 5.10 Å². The highest BCUT2D eigenvalue weighted by Gasteiger charge is 2.21. The van der Waals surface area contributed by atoms with E-state index in [1.165, 1.54) is 11.1 Å². The Hall–Kier alpha value is -2.53. The fourth-order valence-electron chi connectivity index (χ4n) is 3.17. The van der Waals surface area contributed by atoms with Gasteiger partial charge in [0.05, 0.1) is 18.4 Å². The molecule has 5 heteroatoms. The summed E-state index contributed by atoms with van der Waals surface area (Å²) in [6, 6.07) is 13.1. The van der Waals surface area contributed by atoms with Gasteiger partial charge in [-0.25, -0.2) is 4.68 Å². The number of pyridine rings is 1. The van der Waals surface area contributed by atoms with E-state index < -0.39 is 0 Å². The lowest BCUT2D eigenvalue weighted by Gasteiger charge is -2.12. The van der Waals surface area contributed by atoms with Gasteiger partial charge in [0.15, 0.2) is 0 Å². The molecule has 0 saturated carbocycles. The molecule has 116 valence electrons. The number of nitrogens with zero attached hydrogens (tertiary/aromatic N) is 4. The zero-order valence-electron chi connectivity index (χ0n) is 12.9. The van der Waals surface area contributed by atoms with Crippen LogP contribution in [0.2, 0.25) is 0 Å². The summed E-state index contributed by atoms with van der Waals surface area (Å²) >= 11 is 0. The van der Waals surface area contributed by atoms with Gasteiger partial charge in [0.1, 0.15) is 0 Å². The highest BCUT2D eigenvalue weighted by Crippen LogP contribution is 2.30. The first-order chi connectivity index (χ1) is 11.4. The third-order valence-electron chi connectivity index (χ3n) is 4.32. The lowest BCUT2D eigenvalue weighted by atomic mass is 10.1. The minimum atomic E-state index is 0.426. The van der Waals surface area contributed by atoms with Gasteiger partial charge >= 0.3 is 0 Å². The molecule has 0 radical (unpaired) electrons. The Balaban J connectivity index is 1.37. The van der Waals surface area contributed by atoms with Crippen molar-refractivity contribution in [2.24, 2.45) is 0 Å². The van der Waals surface area contributed by atoms with Crippen molar-refractivity contribution in [2.75, 3.05) is 0 Å². The number of benzene rings is 1. The van der Waals surface area contributed by atoms with Crippen molar-refractivity contribution in [3.8, 4) is 0 Å². The molecule has 0 fully saturated rings. The molecule has 1 N–H and O–H groups in total. The standard InChI is InChI=1S/C18H19N5/c1-2-6-17-15(5-1)7-8-18(17)20-11-16-13-23(22-21-16)12-14-4-3-9-19-10-14/h1-6,9-10,13,18,20H,7-8,11-12H2. The van der Waals surface area contributed by atoms with Gasteiger partial charge in [0.25, 0.3) is 0 Å². The second-order valence-electron chi connectivity index (χ2n) is 5.94. The van der Waals surface area contributed by atoms with Crippen LogP contribution in [0.4, 0.5) is 0 Å². The van der Waals surface area contributed by atoms with Gasteiger partial charge in [-0.05, 0) is 35.6 Å². The molecule has 1 unspecified atom stereocenters. The van der Waals surface area contributed by atoms with Crippen LogP contribution >= 0.6 is 0 Å². The van der Waals surface area contributed by atoms with Crippen LogP contribution in [0.15, 0.2) is 55.0 Å². The second kappa shape index (κ2) is 6.30. The Morgan fingerprint density at radius 2 is 2.13 bits per heavy atom. The predicted octanol–water partition coefficient (Wildman–Crippen LogP) is 2.50. The SMILES string of the molecule is c1cncc(Cn2cc(CNC3CCc4ccccc43)nn2)c1. The second-order valence-corrected chi connectivity index (χ2v) is 5.94. The first-order valence-electron chi connectivity index (χ1n) is 7.97. The van der Waals surface area contributed by atoms with E-state index >= 15 is 0 Å². The minimum Gasteiger partial charge on any atom is -0.304 e. The molecule has 1 aliphatic carbocycles. The molecule has 0 aliphatic heterocycles. The van der Waals surface area contributed by atoms with E-state index in [-0.39, 0.29) is 0 Å². The van der Waals surface area contributed by atoms with Crippen LogP contribution in [0.5, 0.6) is 0 Å². The average molecular weight is 305 g/mol. The predicted molar refractivity (Wildman–Crippen MR) is 87.7 cm³/mol. The molecule has 1 atom stereocenters. The number of fused-ring (bicyclic) bond motifs is 1. The van der Waals surface area contributed by atoms with Crippen molar-refractivity contribution < 1.29 is 0 Å². The van der Waals surface area contributed by atoms with Crippen molar-refractivity contribution in [1.29, 1.82) is 0 Å². The number of aryl methyl sites for hydroxylation is 1. The third kappa shape index (κ3) is 3.14. The largest absolute Gasteiger partial charge is 0.304 e. The molecule has 3 aromatic rings. The summed E-state index contributed by atoms with van der Waals surface area (Å²) in [4.78, 5) is 4.12. The molecular formula is C18H19N5. The number of hydrogen-bond acceptors (Lipinski definition) is 4. The molecule has 5 nitrogen and oxygen atoms in total.